The van der Waals surface area contributed by atoms with Crippen molar-refractivity contribution in [3.05, 3.63) is 83.8 Å². The lowest BCUT2D eigenvalue weighted by atomic mass is 10.2. The van der Waals surface area contributed by atoms with E-state index in [1.54, 1.807) is 6.07 Å². The highest BCUT2D eigenvalue weighted by atomic mass is 19.4. The summed E-state index contributed by atoms with van der Waals surface area (Å²) < 4.78 is 51.4. The number of benzene rings is 2. The van der Waals surface area contributed by atoms with Gasteiger partial charge in [-0.15, -0.1) is 0 Å². The fourth-order valence-electron chi connectivity index (χ4n) is 2.30. The maximum Gasteiger partial charge on any atom is 0.416 e. The van der Waals surface area contributed by atoms with Gasteiger partial charge in [-0.25, -0.2) is 9.37 Å². The van der Waals surface area contributed by atoms with E-state index in [4.69, 9.17) is 0 Å². The lowest BCUT2D eigenvalue weighted by Gasteiger charge is -2.11. The Labute approximate surface area is 151 Å². The van der Waals surface area contributed by atoms with Gasteiger partial charge in [0, 0.05) is 11.3 Å². The first-order chi connectivity index (χ1) is 12.8. The van der Waals surface area contributed by atoms with Crippen molar-refractivity contribution in [3.63, 3.8) is 0 Å². The van der Waals surface area contributed by atoms with Gasteiger partial charge in [-0.05, 0) is 48.5 Å². The molecule has 0 radical (unpaired) electrons. The van der Waals surface area contributed by atoms with E-state index in [1.165, 1.54) is 42.6 Å². The van der Waals surface area contributed by atoms with Gasteiger partial charge in [-0.1, -0.05) is 12.1 Å². The second-order valence-electron chi connectivity index (χ2n) is 5.60. The number of nitrogens with zero attached hydrogens (tertiary/aromatic N) is 1. The zero-order chi connectivity index (χ0) is 19.4. The topological polar surface area (TPSA) is 54.0 Å². The molecule has 0 saturated heterocycles. The third-order valence-corrected chi connectivity index (χ3v) is 3.57. The van der Waals surface area contributed by atoms with Crippen molar-refractivity contribution in [1.29, 1.82) is 0 Å². The van der Waals surface area contributed by atoms with Crippen LogP contribution in [0.15, 0.2) is 66.9 Å². The molecular weight excluding hydrogens is 362 g/mol. The Kier molecular flexibility index (Phi) is 5.07. The normalized spacial score (nSPS) is 11.1. The number of hydrogen-bond acceptors (Lipinski definition) is 3. The summed E-state index contributed by atoms with van der Waals surface area (Å²) in [6.45, 7) is 0. The van der Waals surface area contributed by atoms with Crippen molar-refractivity contribution in [2.75, 3.05) is 10.6 Å². The smallest absolute Gasteiger partial charge is 0.354 e. The summed E-state index contributed by atoms with van der Waals surface area (Å²) >= 11 is 0. The number of carbonyl (C=O) groups excluding carboxylic acids is 1. The van der Waals surface area contributed by atoms with Gasteiger partial charge >= 0.3 is 6.18 Å². The molecular formula is C19H13F4N3O. The average molecular weight is 375 g/mol. The SMILES string of the molecule is O=C(Nc1ccc(Nc2cccc(C(F)(F)F)c2)cn1)c1cccc(F)c1. The summed E-state index contributed by atoms with van der Waals surface area (Å²) in [4.78, 5) is 16.1. The van der Waals surface area contributed by atoms with Crippen molar-refractivity contribution in [2.24, 2.45) is 0 Å². The van der Waals surface area contributed by atoms with E-state index < -0.39 is 23.5 Å². The molecule has 1 amide bonds. The fraction of sp³-hybridized carbons (Fsp3) is 0.0526. The first kappa shape index (κ1) is 18.4. The molecule has 2 aromatic carbocycles. The Balaban J connectivity index is 1.68. The van der Waals surface area contributed by atoms with Crippen LogP contribution >= 0.6 is 0 Å². The molecule has 0 saturated carbocycles. The molecule has 0 unspecified atom stereocenters. The van der Waals surface area contributed by atoms with E-state index in [0.717, 1.165) is 18.2 Å². The fourth-order valence-corrected chi connectivity index (χ4v) is 2.30. The molecule has 1 heterocycles. The van der Waals surface area contributed by atoms with Crippen molar-refractivity contribution >= 4 is 23.1 Å². The van der Waals surface area contributed by atoms with Gasteiger partial charge in [0.2, 0.25) is 0 Å². The van der Waals surface area contributed by atoms with E-state index >= 15 is 0 Å². The van der Waals surface area contributed by atoms with Gasteiger partial charge in [0.1, 0.15) is 11.6 Å². The summed E-state index contributed by atoms with van der Waals surface area (Å²) in [7, 11) is 0. The predicted molar refractivity (Wildman–Crippen MR) is 93.3 cm³/mol. The zero-order valence-corrected chi connectivity index (χ0v) is 13.7. The van der Waals surface area contributed by atoms with Crippen molar-refractivity contribution < 1.29 is 22.4 Å². The van der Waals surface area contributed by atoms with Crippen LogP contribution < -0.4 is 10.6 Å². The Morgan fingerprint density at radius 2 is 1.70 bits per heavy atom. The number of alkyl halides is 3. The molecule has 2 N–H and O–H groups in total. The lowest BCUT2D eigenvalue weighted by Crippen LogP contribution is -2.13. The minimum Gasteiger partial charge on any atom is -0.354 e. The van der Waals surface area contributed by atoms with E-state index in [-0.39, 0.29) is 17.1 Å². The van der Waals surface area contributed by atoms with Crippen LogP contribution in [0.4, 0.5) is 34.8 Å². The van der Waals surface area contributed by atoms with Gasteiger partial charge < -0.3 is 10.6 Å². The largest absolute Gasteiger partial charge is 0.416 e. The van der Waals surface area contributed by atoms with Crippen LogP contribution in [0.2, 0.25) is 0 Å². The molecule has 1 aromatic heterocycles. The maximum absolute atomic E-state index is 13.2. The standard InChI is InChI=1S/C19H13F4N3O/c20-14-5-1-3-12(9-14)18(27)26-17-8-7-16(11-24-17)25-15-6-2-4-13(10-15)19(21,22)23/h1-11,25H,(H,24,26,27). The van der Waals surface area contributed by atoms with Crippen LogP contribution in [-0.2, 0) is 6.18 Å². The monoisotopic (exact) mass is 375 g/mol. The van der Waals surface area contributed by atoms with Crippen LogP contribution in [0.5, 0.6) is 0 Å². The Bertz CT molecular complexity index is 956. The lowest BCUT2D eigenvalue weighted by molar-refractivity contribution is -0.137. The Hall–Kier alpha value is -3.42. The van der Waals surface area contributed by atoms with Gasteiger partial charge in [0.15, 0.2) is 0 Å². The highest BCUT2D eigenvalue weighted by Crippen LogP contribution is 2.31. The summed E-state index contributed by atoms with van der Waals surface area (Å²) in [5.74, 6) is -0.837. The molecule has 3 rings (SSSR count). The molecule has 0 atom stereocenters. The van der Waals surface area contributed by atoms with Gasteiger partial charge in [-0.2, -0.15) is 13.2 Å². The number of anilines is 3. The molecule has 0 aliphatic carbocycles. The second kappa shape index (κ2) is 7.45. The third kappa shape index (κ3) is 4.81. The molecule has 0 spiro atoms. The molecule has 0 bridgehead atoms. The summed E-state index contributed by atoms with van der Waals surface area (Å²) in [5, 5.41) is 5.32. The molecule has 8 heteroatoms. The van der Waals surface area contributed by atoms with Gasteiger partial charge in [0.25, 0.3) is 5.91 Å². The maximum atomic E-state index is 13.2. The van der Waals surface area contributed by atoms with E-state index in [2.05, 4.69) is 15.6 Å². The molecule has 0 aliphatic rings. The van der Waals surface area contributed by atoms with Crippen LogP contribution in [-0.4, -0.2) is 10.9 Å². The molecule has 138 valence electrons. The molecule has 27 heavy (non-hydrogen) atoms. The predicted octanol–water partition coefficient (Wildman–Crippen LogP) is 5.24. The third-order valence-electron chi connectivity index (χ3n) is 3.57. The molecule has 4 nitrogen and oxygen atoms in total. The quantitative estimate of drug-likeness (QED) is 0.614. The van der Waals surface area contributed by atoms with Crippen molar-refractivity contribution in [2.45, 2.75) is 6.18 Å². The van der Waals surface area contributed by atoms with Crippen molar-refractivity contribution in [1.82, 2.24) is 4.98 Å². The number of halogens is 4. The Morgan fingerprint density at radius 1 is 0.926 bits per heavy atom. The van der Waals surface area contributed by atoms with Gasteiger partial charge in [0.05, 0.1) is 17.4 Å². The number of aromatic nitrogens is 1. The summed E-state index contributed by atoms with van der Waals surface area (Å²) in [6.07, 6.45) is -3.07. The highest BCUT2D eigenvalue weighted by Gasteiger charge is 2.30. The van der Waals surface area contributed by atoms with E-state index in [1.807, 2.05) is 0 Å². The van der Waals surface area contributed by atoms with Crippen LogP contribution in [0.3, 0.4) is 0 Å². The number of nitrogens with one attached hydrogen (secondary N) is 2. The average Bonchev–Trinajstić information content (AvgIpc) is 2.63. The first-order valence-corrected chi connectivity index (χ1v) is 7.78. The van der Waals surface area contributed by atoms with Crippen molar-refractivity contribution in [3.8, 4) is 0 Å². The number of amides is 1. The molecule has 0 fully saturated rings. The van der Waals surface area contributed by atoms with Crippen LogP contribution in [0, 0.1) is 5.82 Å². The second-order valence-corrected chi connectivity index (χ2v) is 5.60. The van der Waals surface area contributed by atoms with Crippen LogP contribution in [0.25, 0.3) is 0 Å². The Morgan fingerprint density at radius 3 is 2.37 bits per heavy atom. The number of pyridine rings is 1. The minimum absolute atomic E-state index is 0.142. The zero-order valence-electron chi connectivity index (χ0n) is 13.7. The summed E-state index contributed by atoms with van der Waals surface area (Å²) in [6, 6.07) is 13.0. The van der Waals surface area contributed by atoms with E-state index in [0.29, 0.717) is 5.69 Å². The number of hydrogen-bond donors (Lipinski definition) is 2. The number of rotatable bonds is 4. The number of carbonyl (C=O) groups is 1. The van der Waals surface area contributed by atoms with Gasteiger partial charge in [-0.3, -0.25) is 4.79 Å². The molecule has 0 aliphatic heterocycles. The van der Waals surface area contributed by atoms with E-state index in [9.17, 15) is 22.4 Å². The van der Waals surface area contributed by atoms with Crippen LogP contribution in [0.1, 0.15) is 15.9 Å². The molecule has 3 aromatic rings. The summed E-state index contributed by atoms with van der Waals surface area (Å²) in [5.41, 5.74) is 0.0728. The highest BCUT2D eigenvalue weighted by molar-refractivity contribution is 6.03. The minimum atomic E-state index is -4.43. The first-order valence-electron chi connectivity index (χ1n) is 7.78.